The van der Waals surface area contributed by atoms with E-state index in [0.29, 0.717) is 31.1 Å². The highest BCUT2D eigenvalue weighted by Crippen LogP contribution is 2.38. The average Bonchev–Trinajstić information content (AvgIpc) is 3.00. The second-order valence-electron chi connectivity index (χ2n) is 4.17. The molecule has 5 nitrogen and oxygen atoms in total. The summed E-state index contributed by atoms with van der Waals surface area (Å²) < 4.78 is 5.12. The first-order valence-corrected chi connectivity index (χ1v) is 5.88. The van der Waals surface area contributed by atoms with Crippen molar-refractivity contribution in [2.45, 2.75) is 44.9 Å². The van der Waals surface area contributed by atoms with Crippen molar-refractivity contribution >= 4 is 5.91 Å². The number of nitrogens with zero attached hydrogens (tertiary/aromatic N) is 2. The topological polar surface area (TPSA) is 68.0 Å². The first-order chi connectivity index (χ1) is 7.79. The molecule has 88 valence electrons. The van der Waals surface area contributed by atoms with Gasteiger partial charge in [0.05, 0.1) is 0 Å². The van der Waals surface area contributed by atoms with Crippen LogP contribution < -0.4 is 5.32 Å². The third-order valence-electron chi connectivity index (χ3n) is 2.56. The molecule has 1 saturated carbocycles. The van der Waals surface area contributed by atoms with Gasteiger partial charge >= 0.3 is 0 Å². The number of aromatic nitrogens is 2. The Hall–Kier alpha value is -1.39. The highest BCUT2D eigenvalue weighted by atomic mass is 16.5. The second-order valence-corrected chi connectivity index (χ2v) is 4.17. The van der Waals surface area contributed by atoms with Gasteiger partial charge in [-0.1, -0.05) is 12.1 Å². The Balaban J connectivity index is 1.70. The van der Waals surface area contributed by atoms with Crippen molar-refractivity contribution in [3.63, 3.8) is 0 Å². The van der Waals surface area contributed by atoms with E-state index in [0.717, 1.165) is 25.2 Å². The van der Waals surface area contributed by atoms with Crippen molar-refractivity contribution in [3.05, 3.63) is 11.7 Å². The molecular formula is C11H17N3O2. The molecule has 0 spiro atoms. The third-order valence-corrected chi connectivity index (χ3v) is 2.56. The summed E-state index contributed by atoms with van der Waals surface area (Å²) in [6.07, 6.45) is 4.43. The van der Waals surface area contributed by atoms with Crippen molar-refractivity contribution < 1.29 is 9.32 Å². The molecule has 1 aromatic heterocycles. The van der Waals surface area contributed by atoms with Gasteiger partial charge in [0.25, 0.3) is 0 Å². The summed E-state index contributed by atoms with van der Waals surface area (Å²) in [6.45, 7) is 2.57. The van der Waals surface area contributed by atoms with Crippen LogP contribution in [0.1, 0.15) is 50.2 Å². The lowest BCUT2D eigenvalue weighted by molar-refractivity contribution is -0.121. The molecule has 16 heavy (non-hydrogen) atoms. The summed E-state index contributed by atoms with van der Waals surface area (Å²) in [5, 5.41) is 6.71. The van der Waals surface area contributed by atoms with Crippen LogP contribution in [-0.4, -0.2) is 22.6 Å². The molecule has 1 amide bonds. The molecule has 0 aliphatic heterocycles. The van der Waals surface area contributed by atoms with Gasteiger partial charge in [-0.15, -0.1) is 0 Å². The SMILES string of the molecule is CCCC(=O)NCCc1noc(C2CC2)n1. The molecule has 1 aliphatic rings. The Kier molecular flexibility index (Phi) is 3.54. The lowest BCUT2D eigenvalue weighted by Crippen LogP contribution is -2.25. The van der Waals surface area contributed by atoms with Gasteiger partial charge in [0.1, 0.15) is 0 Å². The smallest absolute Gasteiger partial charge is 0.229 e. The molecule has 1 N–H and O–H groups in total. The molecule has 0 atom stereocenters. The Bertz CT molecular complexity index is 358. The fourth-order valence-corrected chi connectivity index (χ4v) is 1.49. The van der Waals surface area contributed by atoms with Crippen LogP contribution in [0.4, 0.5) is 0 Å². The van der Waals surface area contributed by atoms with Gasteiger partial charge in [0.2, 0.25) is 11.8 Å². The summed E-state index contributed by atoms with van der Waals surface area (Å²) >= 11 is 0. The number of carbonyl (C=O) groups is 1. The predicted molar refractivity (Wildman–Crippen MR) is 57.9 cm³/mol. The molecule has 2 rings (SSSR count). The second kappa shape index (κ2) is 5.09. The number of nitrogens with one attached hydrogen (secondary N) is 1. The van der Waals surface area contributed by atoms with Crippen molar-refractivity contribution in [1.29, 1.82) is 0 Å². The lowest BCUT2D eigenvalue weighted by atomic mass is 10.3. The average molecular weight is 223 g/mol. The molecule has 1 aromatic rings. The van der Waals surface area contributed by atoms with Crippen LogP contribution in [0.5, 0.6) is 0 Å². The number of carbonyl (C=O) groups excluding carboxylic acids is 1. The van der Waals surface area contributed by atoms with Crippen molar-refractivity contribution in [2.75, 3.05) is 6.54 Å². The molecule has 1 aliphatic carbocycles. The number of rotatable bonds is 6. The Labute approximate surface area is 94.6 Å². The molecule has 1 heterocycles. The zero-order valence-electron chi connectivity index (χ0n) is 9.53. The van der Waals surface area contributed by atoms with Gasteiger partial charge in [-0.25, -0.2) is 0 Å². The van der Waals surface area contributed by atoms with E-state index in [-0.39, 0.29) is 5.91 Å². The lowest BCUT2D eigenvalue weighted by Gasteiger charge is -2.00. The normalized spacial score (nSPS) is 15.1. The fraction of sp³-hybridized carbons (Fsp3) is 0.727. The third kappa shape index (κ3) is 3.05. The van der Waals surface area contributed by atoms with E-state index < -0.39 is 0 Å². The molecule has 0 unspecified atom stereocenters. The monoisotopic (exact) mass is 223 g/mol. The molecule has 0 radical (unpaired) electrons. The molecule has 0 bridgehead atoms. The van der Waals surface area contributed by atoms with Crippen LogP contribution in [0.2, 0.25) is 0 Å². The summed E-state index contributed by atoms with van der Waals surface area (Å²) in [5.74, 6) is 2.04. The molecule has 1 fully saturated rings. The van der Waals surface area contributed by atoms with Crippen LogP contribution in [0.15, 0.2) is 4.52 Å². The maximum absolute atomic E-state index is 11.2. The van der Waals surface area contributed by atoms with E-state index >= 15 is 0 Å². The van der Waals surface area contributed by atoms with Crippen LogP contribution in [0.3, 0.4) is 0 Å². The first kappa shape index (κ1) is 11.1. The zero-order chi connectivity index (χ0) is 11.4. The number of hydrogen-bond donors (Lipinski definition) is 1. The Morgan fingerprint density at radius 2 is 2.38 bits per heavy atom. The van der Waals surface area contributed by atoms with Crippen molar-refractivity contribution in [3.8, 4) is 0 Å². The minimum absolute atomic E-state index is 0.0911. The summed E-state index contributed by atoms with van der Waals surface area (Å²) in [4.78, 5) is 15.5. The highest BCUT2D eigenvalue weighted by Gasteiger charge is 2.29. The van der Waals surface area contributed by atoms with Gasteiger partial charge in [-0.3, -0.25) is 4.79 Å². The van der Waals surface area contributed by atoms with Crippen LogP contribution >= 0.6 is 0 Å². The summed E-state index contributed by atoms with van der Waals surface area (Å²) in [5.41, 5.74) is 0. The van der Waals surface area contributed by atoms with Crippen molar-refractivity contribution in [1.82, 2.24) is 15.5 Å². The fourth-order valence-electron chi connectivity index (χ4n) is 1.49. The van der Waals surface area contributed by atoms with Gasteiger partial charge < -0.3 is 9.84 Å². The standard InChI is InChI=1S/C11H17N3O2/c1-2-3-10(15)12-7-6-9-13-11(16-14-9)8-4-5-8/h8H,2-7H2,1H3,(H,12,15). The summed E-state index contributed by atoms with van der Waals surface area (Å²) in [6, 6.07) is 0. The van der Waals surface area contributed by atoms with E-state index in [1.54, 1.807) is 0 Å². The van der Waals surface area contributed by atoms with Gasteiger partial charge in [-0.2, -0.15) is 4.98 Å². The van der Waals surface area contributed by atoms with E-state index in [1.807, 2.05) is 6.92 Å². The highest BCUT2D eigenvalue weighted by molar-refractivity contribution is 5.75. The molecule has 5 heteroatoms. The van der Waals surface area contributed by atoms with Gasteiger partial charge in [0.15, 0.2) is 5.82 Å². The Morgan fingerprint density at radius 1 is 1.56 bits per heavy atom. The molecular weight excluding hydrogens is 206 g/mol. The van der Waals surface area contributed by atoms with E-state index in [1.165, 1.54) is 0 Å². The zero-order valence-corrected chi connectivity index (χ0v) is 9.53. The van der Waals surface area contributed by atoms with E-state index in [9.17, 15) is 4.79 Å². The maximum Gasteiger partial charge on any atom is 0.229 e. The largest absolute Gasteiger partial charge is 0.356 e. The van der Waals surface area contributed by atoms with Crippen LogP contribution in [-0.2, 0) is 11.2 Å². The van der Waals surface area contributed by atoms with E-state index in [2.05, 4.69) is 15.5 Å². The van der Waals surface area contributed by atoms with E-state index in [4.69, 9.17) is 4.52 Å². The molecule has 0 saturated heterocycles. The number of amides is 1. The minimum atomic E-state index is 0.0911. The summed E-state index contributed by atoms with van der Waals surface area (Å²) in [7, 11) is 0. The Morgan fingerprint density at radius 3 is 3.06 bits per heavy atom. The molecule has 0 aromatic carbocycles. The van der Waals surface area contributed by atoms with Crippen LogP contribution in [0.25, 0.3) is 0 Å². The minimum Gasteiger partial charge on any atom is -0.356 e. The van der Waals surface area contributed by atoms with Gasteiger partial charge in [0, 0.05) is 25.3 Å². The maximum atomic E-state index is 11.2. The quantitative estimate of drug-likeness (QED) is 0.791. The first-order valence-electron chi connectivity index (χ1n) is 5.88. The van der Waals surface area contributed by atoms with Crippen molar-refractivity contribution in [2.24, 2.45) is 0 Å². The van der Waals surface area contributed by atoms with Crippen LogP contribution in [0, 0.1) is 0 Å². The van der Waals surface area contributed by atoms with Gasteiger partial charge in [-0.05, 0) is 19.3 Å². The predicted octanol–water partition coefficient (Wildman–Crippen LogP) is 1.41. The number of hydrogen-bond acceptors (Lipinski definition) is 4.